The lowest BCUT2D eigenvalue weighted by Gasteiger charge is -2.11. The molecule has 0 spiro atoms. The highest BCUT2D eigenvalue weighted by atomic mass is 16.5. The van der Waals surface area contributed by atoms with Crippen molar-refractivity contribution in [3.05, 3.63) is 0 Å². The molecule has 0 saturated heterocycles. The second kappa shape index (κ2) is 8.97. The lowest BCUT2D eigenvalue weighted by molar-refractivity contribution is -0.121. The summed E-state index contributed by atoms with van der Waals surface area (Å²) in [6, 6.07) is 0.0892. The van der Waals surface area contributed by atoms with Crippen molar-refractivity contribution >= 4 is 5.91 Å². The topological polar surface area (TPSA) is 64.3 Å². The van der Waals surface area contributed by atoms with Crippen LogP contribution >= 0.6 is 0 Å². The van der Waals surface area contributed by atoms with Crippen LogP contribution in [-0.2, 0) is 9.53 Å². The van der Waals surface area contributed by atoms with Crippen LogP contribution in [0.25, 0.3) is 0 Å². The van der Waals surface area contributed by atoms with Crippen LogP contribution in [0.5, 0.6) is 0 Å². The summed E-state index contributed by atoms with van der Waals surface area (Å²) in [5, 5.41) is 2.81. The summed E-state index contributed by atoms with van der Waals surface area (Å²) in [5.41, 5.74) is 5.75. The van der Waals surface area contributed by atoms with Gasteiger partial charge in [-0.1, -0.05) is 13.3 Å². The van der Waals surface area contributed by atoms with Gasteiger partial charge in [0.05, 0.1) is 0 Å². The predicted octanol–water partition coefficient (Wildman–Crippen LogP) is 0.657. The summed E-state index contributed by atoms with van der Waals surface area (Å²) in [4.78, 5) is 11.2. The van der Waals surface area contributed by atoms with Crippen molar-refractivity contribution < 1.29 is 9.53 Å². The SMILES string of the molecule is CCCC(N)CNC(=O)CCCOC. The third kappa shape index (κ3) is 8.01. The highest BCUT2D eigenvalue weighted by Gasteiger charge is 2.04. The molecule has 0 rings (SSSR count). The van der Waals surface area contributed by atoms with Crippen molar-refractivity contribution in [1.82, 2.24) is 5.32 Å². The van der Waals surface area contributed by atoms with E-state index in [0.29, 0.717) is 19.6 Å². The van der Waals surface area contributed by atoms with Gasteiger partial charge in [0.25, 0.3) is 0 Å². The van der Waals surface area contributed by atoms with E-state index in [1.165, 1.54) is 0 Å². The van der Waals surface area contributed by atoms with Crippen molar-refractivity contribution in [2.75, 3.05) is 20.3 Å². The zero-order chi connectivity index (χ0) is 10.8. The van der Waals surface area contributed by atoms with E-state index in [1.807, 2.05) is 0 Å². The standard InChI is InChI=1S/C10H22N2O2/c1-3-5-9(11)8-12-10(13)6-4-7-14-2/h9H,3-8,11H2,1-2H3,(H,12,13). The Morgan fingerprint density at radius 1 is 1.57 bits per heavy atom. The molecule has 0 aliphatic carbocycles. The van der Waals surface area contributed by atoms with Crippen molar-refractivity contribution in [2.24, 2.45) is 5.73 Å². The third-order valence-electron chi connectivity index (χ3n) is 1.97. The van der Waals surface area contributed by atoms with Gasteiger partial charge < -0.3 is 15.8 Å². The molecule has 1 atom stereocenters. The van der Waals surface area contributed by atoms with Gasteiger partial charge in [-0.25, -0.2) is 0 Å². The summed E-state index contributed by atoms with van der Waals surface area (Å²) in [6.07, 6.45) is 3.30. The molecule has 0 bridgehead atoms. The molecule has 14 heavy (non-hydrogen) atoms. The lowest BCUT2D eigenvalue weighted by Crippen LogP contribution is -2.37. The molecular formula is C10H22N2O2. The lowest BCUT2D eigenvalue weighted by atomic mass is 10.2. The number of ether oxygens (including phenoxy) is 1. The number of methoxy groups -OCH3 is 1. The molecule has 0 heterocycles. The molecule has 0 aromatic rings. The average molecular weight is 202 g/mol. The molecule has 3 N–H and O–H groups in total. The largest absolute Gasteiger partial charge is 0.385 e. The molecule has 4 nitrogen and oxygen atoms in total. The minimum Gasteiger partial charge on any atom is -0.385 e. The average Bonchev–Trinajstić information content (AvgIpc) is 2.16. The first kappa shape index (κ1) is 13.4. The number of carbonyl (C=O) groups excluding carboxylic acids is 1. The highest BCUT2D eigenvalue weighted by Crippen LogP contribution is 1.93. The first-order valence-corrected chi connectivity index (χ1v) is 5.22. The molecule has 1 unspecified atom stereocenters. The van der Waals surface area contributed by atoms with Gasteiger partial charge in [-0.05, 0) is 12.8 Å². The minimum atomic E-state index is 0.0635. The normalized spacial score (nSPS) is 12.5. The first-order valence-electron chi connectivity index (χ1n) is 5.22. The highest BCUT2D eigenvalue weighted by molar-refractivity contribution is 5.75. The number of rotatable bonds is 8. The second-order valence-electron chi connectivity index (χ2n) is 3.45. The van der Waals surface area contributed by atoms with Gasteiger partial charge in [0.1, 0.15) is 0 Å². The number of hydrogen-bond donors (Lipinski definition) is 2. The predicted molar refractivity (Wildman–Crippen MR) is 57.0 cm³/mol. The smallest absolute Gasteiger partial charge is 0.220 e. The van der Waals surface area contributed by atoms with Crippen LogP contribution in [-0.4, -0.2) is 32.2 Å². The van der Waals surface area contributed by atoms with Gasteiger partial charge >= 0.3 is 0 Å². The van der Waals surface area contributed by atoms with E-state index in [-0.39, 0.29) is 11.9 Å². The molecule has 0 aliphatic rings. The van der Waals surface area contributed by atoms with Crippen molar-refractivity contribution in [1.29, 1.82) is 0 Å². The van der Waals surface area contributed by atoms with Gasteiger partial charge in [-0.3, -0.25) is 4.79 Å². The molecule has 84 valence electrons. The molecule has 0 aliphatic heterocycles. The molecule has 0 radical (unpaired) electrons. The number of amides is 1. The number of nitrogens with two attached hydrogens (primary N) is 1. The third-order valence-corrected chi connectivity index (χ3v) is 1.97. The Balaban J connectivity index is 3.34. The van der Waals surface area contributed by atoms with Crippen LogP contribution < -0.4 is 11.1 Å². The Labute approximate surface area is 86.2 Å². The van der Waals surface area contributed by atoms with Gasteiger partial charge in [-0.2, -0.15) is 0 Å². The van der Waals surface area contributed by atoms with Gasteiger partial charge in [0.15, 0.2) is 0 Å². The number of nitrogens with one attached hydrogen (secondary N) is 1. The molecular weight excluding hydrogens is 180 g/mol. The fourth-order valence-electron chi connectivity index (χ4n) is 1.18. The fraction of sp³-hybridized carbons (Fsp3) is 0.900. The van der Waals surface area contributed by atoms with Crippen LogP contribution in [0.15, 0.2) is 0 Å². The van der Waals surface area contributed by atoms with Gasteiger partial charge in [-0.15, -0.1) is 0 Å². The van der Waals surface area contributed by atoms with Crippen LogP contribution in [0.1, 0.15) is 32.6 Å². The number of hydrogen-bond acceptors (Lipinski definition) is 3. The van der Waals surface area contributed by atoms with Gasteiger partial charge in [0, 0.05) is 32.7 Å². The van der Waals surface area contributed by atoms with Crippen molar-refractivity contribution in [3.63, 3.8) is 0 Å². The summed E-state index contributed by atoms with van der Waals surface area (Å²) in [6.45, 7) is 3.30. The van der Waals surface area contributed by atoms with Crippen molar-refractivity contribution in [2.45, 2.75) is 38.6 Å². The Morgan fingerprint density at radius 3 is 2.86 bits per heavy atom. The Hall–Kier alpha value is -0.610. The number of carbonyl (C=O) groups is 1. The Kier molecular flexibility index (Phi) is 8.57. The monoisotopic (exact) mass is 202 g/mol. The van der Waals surface area contributed by atoms with E-state index in [0.717, 1.165) is 19.3 Å². The molecule has 0 aromatic heterocycles. The van der Waals surface area contributed by atoms with Crippen LogP contribution in [0, 0.1) is 0 Å². The van der Waals surface area contributed by atoms with E-state index in [2.05, 4.69) is 12.2 Å². The molecule has 0 saturated carbocycles. The molecule has 0 aromatic carbocycles. The quantitative estimate of drug-likeness (QED) is 0.568. The van der Waals surface area contributed by atoms with E-state index in [1.54, 1.807) is 7.11 Å². The van der Waals surface area contributed by atoms with Crippen LogP contribution in [0.3, 0.4) is 0 Å². The molecule has 0 fully saturated rings. The van der Waals surface area contributed by atoms with E-state index >= 15 is 0 Å². The second-order valence-corrected chi connectivity index (χ2v) is 3.45. The Morgan fingerprint density at radius 2 is 2.29 bits per heavy atom. The zero-order valence-corrected chi connectivity index (χ0v) is 9.21. The Bertz CT molecular complexity index is 151. The van der Waals surface area contributed by atoms with Crippen LogP contribution in [0.4, 0.5) is 0 Å². The van der Waals surface area contributed by atoms with E-state index in [9.17, 15) is 4.79 Å². The molecule has 1 amide bonds. The van der Waals surface area contributed by atoms with E-state index in [4.69, 9.17) is 10.5 Å². The summed E-state index contributed by atoms with van der Waals surface area (Å²) in [5.74, 6) is 0.0635. The van der Waals surface area contributed by atoms with Crippen LogP contribution in [0.2, 0.25) is 0 Å². The summed E-state index contributed by atoms with van der Waals surface area (Å²) in [7, 11) is 1.63. The van der Waals surface area contributed by atoms with Crippen molar-refractivity contribution in [3.8, 4) is 0 Å². The maximum absolute atomic E-state index is 11.2. The summed E-state index contributed by atoms with van der Waals surface area (Å²) < 4.78 is 4.85. The minimum absolute atomic E-state index is 0.0635. The zero-order valence-electron chi connectivity index (χ0n) is 9.21. The summed E-state index contributed by atoms with van der Waals surface area (Å²) >= 11 is 0. The first-order chi connectivity index (χ1) is 6.70. The van der Waals surface area contributed by atoms with E-state index < -0.39 is 0 Å². The maximum atomic E-state index is 11.2. The maximum Gasteiger partial charge on any atom is 0.220 e. The fourth-order valence-corrected chi connectivity index (χ4v) is 1.18. The van der Waals surface area contributed by atoms with Gasteiger partial charge in [0.2, 0.25) is 5.91 Å². The molecule has 4 heteroatoms.